The third kappa shape index (κ3) is 3.25. The lowest BCUT2D eigenvalue weighted by atomic mass is 10.0. The van der Waals surface area contributed by atoms with E-state index in [-0.39, 0.29) is 24.3 Å². The van der Waals surface area contributed by atoms with Crippen LogP contribution >= 0.6 is 11.6 Å². The van der Waals surface area contributed by atoms with E-state index in [9.17, 15) is 9.59 Å². The van der Waals surface area contributed by atoms with E-state index in [4.69, 9.17) is 21.4 Å². The molecule has 5 nitrogen and oxygen atoms in total. The molecule has 1 aliphatic heterocycles. The van der Waals surface area contributed by atoms with Crippen molar-refractivity contribution >= 4 is 23.5 Å². The van der Waals surface area contributed by atoms with E-state index in [1.807, 2.05) is 12.1 Å². The molecule has 0 spiro atoms. The molecule has 2 aliphatic rings. The molecule has 0 radical (unpaired) electrons. The topological polar surface area (TPSA) is 66.8 Å². The molecular weight excluding hydrogens is 306 g/mol. The molecule has 1 saturated heterocycles. The Labute approximate surface area is 133 Å². The summed E-state index contributed by atoms with van der Waals surface area (Å²) in [7, 11) is 0. The van der Waals surface area contributed by atoms with Crippen LogP contribution in [0.25, 0.3) is 0 Å². The van der Waals surface area contributed by atoms with Gasteiger partial charge in [-0.3, -0.25) is 4.79 Å². The summed E-state index contributed by atoms with van der Waals surface area (Å²) in [5, 5.41) is 9.47. The first-order chi connectivity index (χ1) is 10.5. The first-order valence-electron chi connectivity index (χ1n) is 7.18. The molecule has 1 aromatic carbocycles. The molecule has 3 rings (SSSR count). The van der Waals surface area contributed by atoms with Crippen molar-refractivity contribution in [1.29, 1.82) is 0 Å². The predicted octanol–water partition coefficient (Wildman–Crippen LogP) is 2.62. The van der Waals surface area contributed by atoms with Crippen LogP contribution in [-0.4, -0.2) is 35.0 Å². The number of benzene rings is 1. The number of hydrogen-bond acceptors (Lipinski definition) is 3. The van der Waals surface area contributed by atoms with Crippen LogP contribution in [0.2, 0.25) is 5.02 Å². The molecule has 1 aromatic rings. The van der Waals surface area contributed by atoms with E-state index in [1.165, 1.54) is 0 Å². The molecule has 1 saturated carbocycles. The lowest BCUT2D eigenvalue weighted by molar-refractivity contribution is -0.142. The highest BCUT2D eigenvalue weighted by molar-refractivity contribution is 6.30. The Kier molecular flexibility index (Phi) is 4.07. The zero-order valence-corrected chi connectivity index (χ0v) is 12.6. The van der Waals surface area contributed by atoms with E-state index in [0.29, 0.717) is 17.5 Å². The van der Waals surface area contributed by atoms with Crippen LogP contribution in [0.3, 0.4) is 0 Å². The molecule has 0 aromatic heterocycles. The summed E-state index contributed by atoms with van der Waals surface area (Å²) in [5.41, 5.74) is 0.938. The van der Waals surface area contributed by atoms with Gasteiger partial charge in [-0.1, -0.05) is 23.7 Å². The Morgan fingerprint density at radius 2 is 2.05 bits per heavy atom. The fraction of sp³-hybridized carbons (Fsp3) is 0.375. The van der Waals surface area contributed by atoms with Crippen LogP contribution in [-0.2, 0) is 14.3 Å². The molecule has 1 amide bonds. The Morgan fingerprint density at radius 3 is 2.64 bits per heavy atom. The van der Waals surface area contributed by atoms with Gasteiger partial charge in [0.1, 0.15) is 6.61 Å². The van der Waals surface area contributed by atoms with E-state index < -0.39 is 5.97 Å². The van der Waals surface area contributed by atoms with Crippen molar-refractivity contribution in [2.45, 2.75) is 18.9 Å². The van der Waals surface area contributed by atoms with Crippen LogP contribution in [0.15, 0.2) is 36.1 Å². The Bertz CT molecular complexity index is 622. The van der Waals surface area contributed by atoms with Crippen LogP contribution in [0.4, 0.5) is 0 Å². The average Bonchev–Trinajstić information content (AvgIpc) is 3.28. The normalized spacial score (nSPS) is 23.5. The van der Waals surface area contributed by atoms with Gasteiger partial charge in [-0.25, -0.2) is 4.79 Å². The summed E-state index contributed by atoms with van der Waals surface area (Å²) in [6.45, 7) is 0.881. The summed E-state index contributed by atoms with van der Waals surface area (Å²) in [5.74, 6) is -1.14. The summed E-state index contributed by atoms with van der Waals surface area (Å²) in [4.78, 5) is 25.0. The maximum Gasteiger partial charge on any atom is 0.332 e. The molecule has 1 heterocycles. The number of aliphatic carboxylic acids is 1. The molecule has 1 N–H and O–H groups in total. The van der Waals surface area contributed by atoms with E-state index >= 15 is 0 Å². The number of carbonyl (C=O) groups excluding carboxylic acids is 1. The van der Waals surface area contributed by atoms with Crippen LogP contribution in [0.5, 0.6) is 0 Å². The fourth-order valence-electron chi connectivity index (χ4n) is 2.57. The third-order valence-corrected chi connectivity index (χ3v) is 4.16. The van der Waals surface area contributed by atoms with E-state index in [2.05, 4.69) is 0 Å². The Morgan fingerprint density at radius 1 is 1.36 bits per heavy atom. The molecule has 1 unspecified atom stereocenters. The third-order valence-electron chi connectivity index (χ3n) is 3.91. The zero-order chi connectivity index (χ0) is 15.7. The van der Waals surface area contributed by atoms with E-state index in [0.717, 1.165) is 24.5 Å². The lowest BCUT2D eigenvalue weighted by Gasteiger charge is -2.37. The van der Waals surface area contributed by atoms with Gasteiger partial charge in [0.15, 0.2) is 5.76 Å². The summed E-state index contributed by atoms with van der Waals surface area (Å²) >= 11 is 5.90. The van der Waals surface area contributed by atoms with Crippen LogP contribution in [0.1, 0.15) is 24.4 Å². The minimum atomic E-state index is -1.18. The van der Waals surface area contributed by atoms with Gasteiger partial charge in [0.05, 0.1) is 12.1 Å². The molecule has 6 heteroatoms. The largest absolute Gasteiger partial charge is 0.485 e. The number of hydrogen-bond donors (Lipinski definition) is 1. The number of carboxylic acids is 1. The molecule has 1 atom stereocenters. The number of morpholine rings is 1. The van der Waals surface area contributed by atoms with Crippen molar-refractivity contribution in [2.75, 3.05) is 13.2 Å². The number of rotatable bonds is 4. The smallest absolute Gasteiger partial charge is 0.332 e. The van der Waals surface area contributed by atoms with Crippen LogP contribution in [0, 0.1) is 5.92 Å². The number of nitrogens with zero attached hydrogens (tertiary/aromatic N) is 1. The molecular formula is C16H16ClNO4. The molecule has 116 valence electrons. The van der Waals surface area contributed by atoms with Gasteiger partial charge in [-0.15, -0.1) is 0 Å². The highest BCUT2D eigenvalue weighted by Crippen LogP contribution is 2.36. The van der Waals surface area contributed by atoms with Crippen molar-refractivity contribution in [1.82, 2.24) is 4.90 Å². The maximum absolute atomic E-state index is 12.5. The van der Waals surface area contributed by atoms with Crippen molar-refractivity contribution in [3.8, 4) is 0 Å². The first kappa shape index (κ1) is 14.9. The summed E-state index contributed by atoms with van der Waals surface area (Å²) in [6, 6.07) is 7.08. The summed E-state index contributed by atoms with van der Waals surface area (Å²) < 4.78 is 5.39. The zero-order valence-electron chi connectivity index (χ0n) is 11.9. The standard InChI is InChI=1S/C16H16ClNO4/c17-12-5-3-11(4-6-12)13-9-22-14(7-15(19)20)16(21)18(13)8-10-1-2-10/h3-7,10,13H,1-2,8-9H2,(H,19,20)/b14-7-. The number of carbonyl (C=O) groups is 2. The van der Waals surface area contributed by atoms with Crippen molar-refractivity contribution in [3.05, 3.63) is 46.7 Å². The van der Waals surface area contributed by atoms with Crippen LogP contribution < -0.4 is 0 Å². The van der Waals surface area contributed by atoms with Gasteiger partial charge >= 0.3 is 5.97 Å². The second-order valence-corrected chi connectivity index (χ2v) is 6.06. The van der Waals surface area contributed by atoms with Gasteiger partial charge in [-0.2, -0.15) is 0 Å². The van der Waals surface area contributed by atoms with Gasteiger partial charge < -0.3 is 14.7 Å². The highest BCUT2D eigenvalue weighted by atomic mass is 35.5. The van der Waals surface area contributed by atoms with Gasteiger partial charge in [0.2, 0.25) is 0 Å². The van der Waals surface area contributed by atoms with Crippen molar-refractivity contribution in [3.63, 3.8) is 0 Å². The summed E-state index contributed by atoms with van der Waals surface area (Å²) in [6.07, 6.45) is 3.05. The molecule has 2 fully saturated rings. The lowest BCUT2D eigenvalue weighted by Crippen LogP contribution is -2.44. The SMILES string of the molecule is O=C(O)/C=C1\OCC(c2ccc(Cl)cc2)N(CC2CC2)C1=O. The fourth-order valence-corrected chi connectivity index (χ4v) is 2.69. The second-order valence-electron chi connectivity index (χ2n) is 5.63. The Hall–Kier alpha value is -2.01. The first-order valence-corrected chi connectivity index (χ1v) is 7.56. The number of ether oxygens (including phenoxy) is 1. The number of amides is 1. The Balaban J connectivity index is 1.87. The quantitative estimate of drug-likeness (QED) is 0.866. The van der Waals surface area contributed by atoms with Gasteiger partial charge in [0.25, 0.3) is 5.91 Å². The average molecular weight is 322 g/mol. The molecule has 0 bridgehead atoms. The maximum atomic E-state index is 12.5. The minimum Gasteiger partial charge on any atom is -0.485 e. The predicted molar refractivity (Wildman–Crippen MR) is 80.3 cm³/mol. The van der Waals surface area contributed by atoms with Crippen molar-refractivity contribution in [2.24, 2.45) is 5.92 Å². The number of halogens is 1. The molecule has 22 heavy (non-hydrogen) atoms. The highest BCUT2D eigenvalue weighted by Gasteiger charge is 2.37. The van der Waals surface area contributed by atoms with E-state index in [1.54, 1.807) is 17.0 Å². The van der Waals surface area contributed by atoms with Gasteiger partial charge in [-0.05, 0) is 36.5 Å². The number of carboxylic acid groups (broad SMARTS) is 1. The minimum absolute atomic E-state index is 0.0987. The second kappa shape index (κ2) is 6.01. The van der Waals surface area contributed by atoms with Crippen molar-refractivity contribution < 1.29 is 19.4 Å². The molecule has 1 aliphatic carbocycles. The van der Waals surface area contributed by atoms with Gasteiger partial charge in [0, 0.05) is 11.6 Å². The monoisotopic (exact) mass is 321 g/mol.